The number of benzene rings is 1. The number of nitrogens with zero attached hydrogens (tertiary/aromatic N) is 2. The third kappa shape index (κ3) is 3.99. The first kappa shape index (κ1) is 28.6. The van der Waals surface area contributed by atoms with Gasteiger partial charge in [-0.3, -0.25) is 24.2 Å². The van der Waals surface area contributed by atoms with Gasteiger partial charge in [0.15, 0.2) is 11.4 Å². The molecule has 10 nitrogen and oxygen atoms in total. The normalized spacial score (nSPS) is 30.9. The number of likely N-dealkylation sites (tertiary alicyclic amines) is 1. The zero-order valence-electron chi connectivity index (χ0n) is 22.9. The number of aromatic hydroxyl groups is 1. The van der Waals surface area contributed by atoms with Crippen LogP contribution in [0.4, 0.5) is 0 Å². The van der Waals surface area contributed by atoms with Gasteiger partial charge >= 0.3 is 0 Å². The van der Waals surface area contributed by atoms with Crippen LogP contribution in [0.2, 0.25) is 5.02 Å². The molecule has 2 fully saturated rings. The molecule has 216 valence electrons. The maximum Gasteiger partial charge on any atom is 0.255 e. The SMILES string of the molecule is CCCN1CCCCC1c1cc(O)c2c(c1Cl)C[C@H]1C[C@H]3[C@H](N(C)C)C(=O)C(C(N)=O)=C(O)[C@@]3(O)C(=O)C1=C2O. The monoisotopic (exact) mass is 573 g/mol. The van der Waals surface area contributed by atoms with E-state index in [0.717, 1.165) is 44.3 Å². The third-order valence-electron chi connectivity index (χ3n) is 9.17. The first-order valence-electron chi connectivity index (χ1n) is 13.8. The number of aliphatic hydroxyl groups excluding tert-OH is 2. The number of hydrogen-bond donors (Lipinski definition) is 5. The number of halogens is 1. The van der Waals surface area contributed by atoms with Crippen LogP contribution in [0.25, 0.3) is 5.76 Å². The fraction of sp³-hybridized carbons (Fsp3) is 0.552. The lowest BCUT2D eigenvalue weighted by Crippen LogP contribution is -2.65. The molecular formula is C29H36ClN3O7. The van der Waals surface area contributed by atoms with Crippen molar-refractivity contribution in [3.8, 4) is 5.75 Å². The Balaban J connectivity index is 1.67. The van der Waals surface area contributed by atoms with Gasteiger partial charge in [-0.15, -0.1) is 0 Å². The van der Waals surface area contributed by atoms with E-state index in [9.17, 15) is 34.8 Å². The van der Waals surface area contributed by atoms with Gasteiger partial charge in [0, 0.05) is 22.6 Å². The van der Waals surface area contributed by atoms with E-state index in [-0.39, 0.29) is 35.8 Å². The number of fused-ring (bicyclic) bond motifs is 3. The molecule has 1 aromatic rings. The molecule has 0 spiro atoms. The molecule has 40 heavy (non-hydrogen) atoms. The van der Waals surface area contributed by atoms with Crippen molar-refractivity contribution in [2.45, 2.75) is 63.1 Å². The Morgan fingerprint density at radius 2 is 1.93 bits per heavy atom. The minimum atomic E-state index is -2.66. The van der Waals surface area contributed by atoms with Gasteiger partial charge in [0.2, 0.25) is 5.78 Å². The van der Waals surface area contributed by atoms with Gasteiger partial charge in [-0.1, -0.05) is 24.9 Å². The van der Waals surface area contributed by atoms with Crippen molar-refractivity contribution in [1.29, 1.82) is 0 Å². The van der Waals surface area contributed by atoms with E-state index in [1.807, 2.05) is 0 Å². The number of carbonyl (C=O) groups is 3. The summed E-state index contributed by atoms with van der Waals surface area (Å²) < 4.78 is 0. The predicted octanol–water partition coefficient (Wildman–Crippen LogP) is 2.55. The second-order valence-electron chi connectivity index (χ2n) is 11.7. The number of phenols is 1. The van der Waals surface area contributed by atoms with Crippen LogP contribution in [0.15, 0.2) is 23.0 Å². The number of likely N-dealkylation sites (N-methyl/N-ethyl adjacent to an activating group) is 1. The number of rotatable bonds is 5. The Morgan fingerprint density at radius 3 is 2.55 bits per heavy atom. The van der Waals surface area contributed by atoms with Gasteiger partial charge < -0.3 is 26.2 Å². The van der Waals surface area contributed by atoms with E-state index in [1.165, 1.54) is 4.90 Å². The molecule has 3 aliphatic carbocycles. The predicted molar refractivity (Wildman–Crippen MR) is 148 cm³/mol. The van der Waals surface area contributed by atoms with Crippen molar-refractivity contribution in [3.05, 3.63) is 44.7 Å². The topological polar surface area (TPSA) is 165 Å². The van der Waals surface area contributed by atoms with E-state index in [0.29, 0.717) is 10.6 Å². The quantitative estimate of drug-likeness (QED) is 0.333. The largest absolute Gasteiger partial charge is 0.508 e. The number of primary amides is 1. The summed E-state index contributed by atoms with van der Waals surface area (Å²) in [5.74, 6) is -6.73. The lowest BCUT2D eigenvalue weighted by Gasteiger charge is -2.50. The Bertz CT molecular complexity index is 1370. The van der Waals surface area contributed by atoms with Crippen LogP contribution >= 0.6 is 11.6 Å². The number of hydrogen-bond acceptors (Lipinski definition) is 9. The number of nitrogens with two attached hydrogens (primary N) is 1. The highest BCUT2D eigenvalue weighted by atomic mass is 35.5. The van der Waals surface area contributed by atoms with Crippen LogP contribution < -0.4 is 5.73 Å². The van der Waals surface area contributed by atoms with Crippen LogP contribution in [0.1, 0.15) is 61.8 Å². The summed E-state index contributed by atoms with van der Waals surface area (Å²) in [4.78, 5) is 43.1. The van der Waals surface area contributed by atoms with Crippen molar-refractivity contribution < 1.29 is 34.8 Å². The van der Waals surface area contributed by atoms with E-state index < -0.39 is 58.0 Å². The molecule has 5 atom stereocenters. The van der Waals surface area contributed by atoms with Gasteiger partial charge in [-0.05, 0) is 82.4 Å². The highest BCUT2D eigenvalue weighted by molar-refractivity contribution is 6.33. The fourth-order valence-electron chi connectivity index (χ4n) is 7.45. The summed E-state index contributed by atoms with van der Waals surface area (Å²) in [5.41, 5.74) is 2.98. The molecule has 1 saturated heterocycles. The Hall–Kier alpha value is -2.92. The molecule has 6 N–H and O–H groups in total. The van der Waals surface area contributed by atoms with Gasteiger partial charge in [-0.2, -0.15) is 0 Å². The Labute approximate surface area is 237 Å². The molecule has 4 aliphatic rings. The number of piperidine rings is 1. The number of Topliss-reactive ketones (excluding diaryl/α,β-unsaturated/α-hetero) is 2. The molecule has 1 aromatic carbocycles. The van der Waals surface area contributed by atoms with Crippen LogP contribution in [-0.4, -0.2) is 86.5 Å². The van der Waals surface area contributed by atoms with E-state index in [1.54, 1.807) is 20.2 Å². The molecular weight excluding hydrogens is 538 g/mol. The smallest absolute Gasteiger partial charge is 0.255 e. The molecule has 11 heteroatoms. The summed E-state index contributed by atoms with van der Waals surface area (Å²) in [6.45, 7) is 3.92. The van der Waals surface area contributed by atoms with Crippen LogP contribution in [0.5, 0.6) is 5.75 Å². The van der Waals surface area contributed by atoms with Gasteiger partial charge in [0.25, 0.3) is 5.91 Å². The highest BCUT2D eigenvalue weighted by Gasteiger charge is 2.64. The summed E-state index contributed by atoms with van der Waals surface area (Å²) in [6, 6.07) is 0.426. The van der Waals surface area contributed by atoms with Crippen molar-refractivity contribution in [2.75, 3.05) is 27.2 Å². The standard InChI is InChI=1S/C29H36ClN3O7/c1-4-8-33-9-6-5-7-17(33)14-12-18(34)20-15(22(14)30)10-13-11-16-23(32(2)3)25(36)21(28(31)39)27(38)29(16,40)26(37)19(13)24(20)35/h12-13,16-17,23,34-35,38,40H,4-11H2,1-3H3,(H2,31,39)/t13-,16-,17?,23-,29-/m0/s1. The van der Waals surface area contributed by atoms with Gasteiger partial charge in [-0.25, -0.2) is 0 Å². The number of aliphatic hydroxyl groups is 3. The first-order valence-corrected chi connectivity index (χ1v) is 14.2. The molecule has 0 radical (unpaired) electrons. The van der Waals surface area contributed by atoms with Crippen LogP contribution in [0, 0.1) is 11.8 Å². The molecule has 1 aliphatic heterocycles. The average molecular weight is 574 g/mol. The zero-order chi connectivity index (χ0) is 29.3. The van der Waals surface area contributed by atoms with Gasteiger partial charge in [0.1, 0.15) is 22.8 Å². The van der Waals surface area contributed by atoms with Gasteiger partial charge in [0.05, 0.1) is 11.6 Å². The van der Waals surface area contributed by atoms with Crippen molar-refractivity contribution >= 4 is 34.8 Å². The fourth-order valence-corrected chi connectivity index (χ4v) is 7.80. The number of phenolic OH excluding ortho intramolecular Hbond substituents is 1. The second-order valence-corrected chi connectivity index (χ2v) is 12.0. The summed E-state index contributed by atoms with van der Waals surface area (Å²) >= 11 is 7.01. The number of carbonyl (C=O) groups excluding carboxylic acids is 3. The Morgan fingerprint density at radius 1 is 1.23 bits per heavy atom. The zero-order valence-corrected chi connectivity index (χ0v) is 23.7. The maximum atomic E-state index is 13.9. The minimum Gasteiger partial charge on any atom is -0.508 e. The molecule has 1 amide bonds. The van der Waals surface area contributed by atoms with Crippen LogP contribution in [-0.2, 0) is 20.8 Å². The molecule has 1 unspecified atom stereocenters. The highest BCUT2D eigenvalue weighted by Crippen LogP contribution is 2.54. The molecule has 1 heterocycles. The lowest BCUT2D eigenvalue weighted by atomic mass is 9.57. The molecule has 1 saturated carbocycles. The third-order valence-corrected chi connectivity index (χ3v) is 9.61. The minimum absolute atomic E-state index is 0.00592. The van der Waals surface area contributed by atoms with Crippen molar-refractivity contribution in [2.24, 2.45) is 17.6 Å². The maximum absolute atomic E-state index is 13.9. The van der Waals surface area contributed by atoms with E-state index >= 15 is 0 Å². The average Bonchev–Trinajstić information content (AvgIpc) is 2.88. The summed E-state index contributed by atoms with van der Waals surface area (Å²) in [5, 5.41) is 45.7. The van der Waals surface area contributed by atoms with Crippen molar-refractivity contribution in [3.63, 3.8) is 0 Å². The number of ketones is 2. The lowest BCUT2D eigenvalue weighted by molar-refractivity contribution is -0.153. The summed E-state index contributed by atoms with van der Waals surface area (Å²) in [7, 11) is 3.14. The molecule has 5 rings (SSSR count). The van der Waals surface area contributed by atoms with E-state index in [2.05, 4.69) is 11.8 Å². The molecule has 0 aromatic heterocycles. The van der Waals surface area contributed by atoms with E-state index in [4.69, 9.17) is 17.3 Å². The summed E-state index contributed by atoms with van der Waals surface area (Å²) in [6.07, 6.45) is 4.15. The molecule has 0 bridgehead atoms. The second kappa shape index (κ2) is 10.2. The Kier molecular flexibility index (Phi) is 7.27. The van der Waals surface area contributed by atoms with Crippen LogP contribution in [0.3, 0.4) is 0 Å². The number of amides is 1. The first-order chi connectivity index (χ1) is 18.9. The van der Waals surface area contributed by atoms with Crippen molar-refractivity contribution in [1.82, 2.24) is 9.80 Å².